The van der Waals surface area contributed by atoms with Gasteiger partial charge < -0.3 is 4.74 Å². The second kappa shape index (κ2) is 8.33. The van der Waals surface area contributed by atoms with Gasteiger partial charge in [-0.25, -0.2) is 4.98 Å². The van der Waals surface area contributed by atoms with Gasteiger partial charge in [0.15, 0.2) is 5.16 Å². The van der Waals surface area contributed by atoms with Crippen LogP contribution < -0.4 is 16.4 Å². The van der Waals surface area contributed by atoms with E-state index in [-0.39, 0.29) is 29.2 Å². The lowest BCUT2D eigenvalue weighted by atomic mass is 10.2. The van der Waals surface area contributed by atoms with Crippen molar-refractivity contribution in [3.63, 3.8) is 0 Å². The van der Waals surface area contributed by atoms with E-state index in [0.717, 1.165) is 24.6 Å². The molecule has 2 aromatic rings. The summed E-state index contributed by atoms with van der Waals surface area (Å²) in [5, 5.41) is 1.000. The van der Waals surface area contributed by atoms with E-state index in [1.165, 1.54) is 6.92 Å². The molecule has 26 heavy (non-hydrogen) atoms. The van der Waals surface area contributed by atoms with E-state index in [0.29, 0.717) is 29.2 Å². The Hall–Kier alpha value is -2.39. The van der Waals surface area contributed by atoms with Gasteiger partial charge in [-0.3, -0.25) is 29.8 Å². The van der Waals surface area contributed by atoms with Gasteiger partial charge in [0.05, 0.1) is 29.3 Å². The van der Waals surface area contributed by atoms with Crippen LogP contribution >= 0.6 is 11.8 Å². The Bertz CT molecular complexity index is 877. The van der Waals surface area contributed by atoms with Crippen molar-refractivity contribution in [2.75, 3.05) is 12.4 Å². The molecule has 8 nitrogen and oxygen atoms in total. The minimum absolute atomic E-state index is 0.0244. The minimum Gasteiger partial charge on any atom is -0.376 e. The summed E-state index contributed by atoms with van der Waals surface area (Å²) in [7, 11) is 0. The summed E-state index contributed by atoms with van der Waals surface area (Å²) in [6, 6.07) is 7.13. The van der Waals surface area contributed by atoms with Gasteiger partial charge in [-0.05, 0) is 25.0 Å². The fraction of sp³-hybridized carbons (Fsp3) is 0.412. The van der Waals surface area contributed by atoms with Crippen LogP contribution in [-0.4, -0.2) is 39.8 Å². The molecular weight excluding hydrogens is 356 g/mol. The van der Waals surface area contributed by atoms with E-state index in [9.17, 15) is 14.4 Å². The third-order valence-electron chi connectivity index (χ3n) is 3.95. The largest absolute Gasteiger partial charge is 0.376 e. The molecule has 1 aliphatic heterocycles. The Kier molecular flexibility index (Phi) is 5.89. The predicted octanol–water partition coefficient (Wildman–Crippen LogP) is 0.835. The number of hydrogen-bond donors (Lipinski definition) is 2. The molecular formula is C17H20N4O4S. The zero-order valence-corrected chi connectivity index (χ0v) is 15.2. The number of ether oxygens (including phenoxy) is 1. The third-order valence-corrected chi connectivity index (χ3v) is 4.92. The highest BCUT2D eigenvalue weighted by atomic mass is 32.2. The molecule has 0 saturated carbocycles. The molecule has 0 radical (unpaired) electrons. The molecule has 0 unspecified atom stereocenters. The van der Waals surface area contributed by atoms with Gasteiger partial charge >= 0.3 is 0 Å². The standard InChI is InChI=1S/C17H20N4O4S/c1-11(22)19-20-15(23)10-26-17-18-14-7-3-2-6-13(14)16(24)21(17)9-12-5-4-8-25-12/h2-3,6-7,12H,4-5,8-10H2,1H3,(H,19,22)(H,20,23)/t12-/m1/s1. The van der Waals surface area contributed by atoms with E-state index in [4.69, 9.17) is 4.74 Å². The number of nitrogens with one attached hydrogen (secondary N) is 2. The summed E-state index contributed by atoms with van der Waals surface area (Å²) >= 11 is 1.15. The second-order valence-electron chi connectivity index (χ2n) is 5.98. The van der Waals surface area contributed by atoms with Crippen molar-refractivity contribution >= 4 is 34.5 Å². The first kappa shape index (κ1) is 18.4. The lowest BCUT2D eigenvalue weighted by molar-refractivity contribution is -0.126. The maximum Gasteiger partial charge on any atom is 0.262 e. The van der Waals surface area contributed by atoms with E-state index in [1.807, 2.05) is 6.07 Å². The van der Waals surface area contributed by atoms with Crippen LogP contribution in [0.5, 0.6) is 0 Å². The van der Waals surface area contributed by atoms with Crippen molar-refractivity contribution < 1.29 is 14.3 Å². The molecule has 1 aliphatic rings. The summed E-state index contributed by atoms with van der Waals surface area (Å²) in [6.07, 6.45) is 1.84. The van der Waals surface area contributed by atoms with Crippen LogP contribution in [-0.2, 0) is 20.9 Å². The monoisotopic (exact) mass is 376 g/mol. The number of nitrogens with zero attached hydrogens (tertiary/aromatic N) is 2. The Morgan fingerprint density at radius 2 is 2.15 bits per heavy atom. The quantitative estimate of drug-likeness (QED) is 0.455. The van der Waals surface area contributed by atoms with Gasteiger partial charge in [0.25, 0.3) is 5.56 Å². The smallest absolute Gasteiger partial charge is 0.262 e. The van der Waals surface area contributed by atoms with Crippen molar-refractivity contribution in [3.05, 3.63) is 34.6 Å². The molecule has 2 amide bonds. The van der Waals surface area contributed by atoms with E-state index >= 15 is 0 Å². The number of thioether (sulfide) groups is 1. The number of carbonyl (C=O) groups is 2. The fourth-order valence-corrected chi connectivity index (χ4v) is 3.54. The number of amides is 2. The number of hydrazine groups is 1. The topological polar surface area (TPSA) is 102 Å². The van der Waals surface area contributed by atoms with Crippen molar-refractivity contribution in [2.24, 2.45) is 0 Å². The molecule has 2 heterocycles. The molecule has 9 heteroatoms. The summed E-state index contributed by atoms with van der Waals surface area (Å²) in [5.74, 6) is -0.713. The Morgan fingerprint density at radius 3 is 2.88 bits per heavy atom. The molecule has 3 rings (SSSR count). The summed E-state index contributed by atoms with van der Waals surface area (Å²) in [6.45, 7) is 2.41. The van der Waals surface area contributed by atoms with Gasteiger partial charge in [-0.15, -0.1) is 0 Å². The van der Waals surface area contributed by atoms with E-state index in [1.54, 1.807) is 22.8 Å². The first-order chi connectivity index (χ1) is 12.5. The zero-order valence-electron chi connectivity index (χ0n) is 14.4. The van der Waals surface area contributed by atoms with Gasteiger partial charge in [-0.1, -0.05) is 23.9 Å². The molecule has 1 fully saturated rings. The fourth-order valence-electron chi connectivity index (χ4n) is 2.73. The molecule has 1 atom stereocenters. The third kappa shape index (κ3) is 4.41. The van der Waals surface area contributed by atoms with Crippen LogP contribution in [0.25, 0.3) is 10.9 Å². The predicted molar refractivity (Wildman–Crippen MR) is 97.7 cm³/mol. The molecule has 1 aromatic heterocycles. The molecule has 0 spiro atoms. The number of benzene rings is 1. The first-order valence-corrected chi connectivity index (χ1v) is 9.32. The Morgan fingerprint density at radius 1 is 1.35 bits per heavy atom. The lowest BCUT2D eigenvalue weighted by Crippen LogP contribution is -2.41. The van der Waals surface area contributed by atoms with Crippen LogP contribution in [0, 0.1) is 0 Å². The number of hydrogen-bond acceptors (Lipinski definition) is 6. The van der Waals surface area contributed by atoms with Gasteiger partial charge in [0.1, 0.15) is 0 Å². The number of carbonyl (C=O) groups excluding carboxylic acids is 2. The van der Waals surface area contributed by atoms with Crippen LogP contribution in [0.1, 0.15) is 19.8 Å². The highest BCUT2D eigenvalue weighted by molar-refractivity contribution is 7.99. The van der Waals surface area contributed by atoms with Crippen LogP contribution in [0.15, 0.2) is 34.2 Å². The van der Waals surface area contributed by atoms with Crippen molar-refractivity contribution in [1.29, 1.82) is 0 Å². The first-order valence-electron chi connectivity index (χ1n) is 8.34. The van der Waals surface area contributed by atoms with Gasteiger partial charge in [-0.2, -0.15) is 0 Å². The summed E-state index contributed by atoms with van der Waals surface area (Å²) < 4.78 is 7.22. The lowest BCUT2D eigenvalue weighted by Gasteiger charge is -2.16. The minimum atomic E-state index is -0.378. The highest BCUT2D eigenvalue weighted by Crippen LogP contribution is 2.20. The molecule has 1 aromatic carbocycles. The number of aromatic nitrogens is 2. The summed E-state index contributed by atoms with van der Waals surface area (Å²) in [4.78, 5) is 40.1. The highest BCUT2D eigenvalue weighted by Gasteiger charge is 2.20. The molecule has 138 valence electrons. The molecule has 0 aliphatic carbocycles. The van der Waals surface area contributed by atoms with Gasteiger partial charge in [0.2, 0.25) is 11.8 Å². The van der Waals surface area contributed by atoms with Crippen LogP contribution in [0.4, 0.5) is 0 Å². The maximum absolute atomic E-state index is 12.9. The van der Waals surface area contributed by atoms with Crippen LogP contribution in [0.2, 0.25) is 0 Å². The maximum atomic E-state index is 12.9. The average molecular weight is 376 g/mol. The molecule has 0 bridgehead atoms. The Balaban J connectivity index is 1.85. The van der Waals surface area contributed by atoms with E-state index < -0.39 is 0 Å². The normalized spacial score (nSPS) is 16.6. The number of rotatable bonds is 5. The second-order valence-corrected chi connectivity index (χ2v) is 6.92. The average Bonchev–Trinajstić information content (AvgIpc) is 3.14. The van der Waals surface area contributed by atoms with Crippen molar-refractivity contribution in [1.82, 2.24) is 20.4 Å². The number of fused-ring (bicyclic) bond motifs is 1. The van der Waals surface area contributed by atoms with Gasteiger partial charge in [0, 0.05) is 13.5 Å². The van der Waals surface area contributed by atoms with E-state index in [2.05, 4.69) is 15.8 Å². The van der Waals surface area contributed by atoms with Crippen molar-refractivity contribution in [3.8, 4) is 0 Å². The molecule has 2 N–H and O–H groups in total. The Labute approximate surface area is 154 Å². The summed E-state index contributed by atoms with van der Waals surface area (Å²) in [5.41, 5.74) is 4.98. The van der Waals surface area contributed by atoms with Crippen molar-refractivity contribution in [2.45, 2.75) is 37.6 Å². The molecule has 1 saturated heterocycles. The number of para-hydroxylation sites is 1. The van der Waals surface area contributed by atoms with Crippen LogP contribution in [0.3, 0.4) is 0 Å². The zero-order chi connectivity index (χ0) is 18.5. The SMILES string of the molecule is CC(=O)NNC(=O)CSc1nc2ccccc2c(=O)n1C[C@H]1CCCO1.